The maximum Gasteiger partial charge on any atom is 0.415 e. The molecule has 6 unspecified atom stereocenters. The highest BCUT2D eigenvalue weighted by molar-refractivity contribution is 6.25. The number of aromatic hydroxyl groups is 1. The highest BCUT2D eigenvalue weighted by Gasteiger charge is 2.67. The van der Waals surface area contributed by atoms with Crippen molar-refractivity contribution in [2.45, 2.75) is 36.5 Å². The van der Waals surface area contributed by atoms with E-state index in [0.29, 0.717) is 0 Å². The fraction of sp³-hybridized carbons (Fsp3) is 0.289. The molecular weight excluding hydrogens is 688 g/mol. The summed E-state index contributed by atoms with van der Waals surface area (Å²) in [7, 11) is 2.89. The van der Waals surface area contributed by atoms with Gasteiger partial charge in [0.25, 0.3) is 5.91 Å². The van der Waals surface area contributed by atoms with Crippen LogP contribution in [0.15, 0.2) is 83.3 Å². The van der Waals surface area contributed by atoms with Gasteiger partial charge in [-0.15, -0.1) is 0 Å². The molecule has 15 nitrogen and oxygen atoms in total. The number of primary amides is 1. The van der Waals surface area contributed by atoms with Gasteiger partial charge in [0.2, 0.25) is 5.78 Å². The highest BCUT2D eigenvalue weighted by Crippen LogP contribution is 2.56. The number of hydrogen-bond acceptors (Lipinski definition) is 12. The number of Topliss-reactive ketones (excluding diaryl/α,β-unsaturated/α-hetero) is 2. The van der Waals surface area contributed by atoms with Crippen LogP contribution in [-0.4, -0.2) is 98.5 Å². The number of likely N-dealkylation sites (N-methyl/N-ethyl adjacent to an activating group) is 1. The van der Waals surface area contributed by atoms with Crippen LogP contribution in [0.4, 0.5) is 15.3 Å². The number of aliphatic hydroxyl groups excluding tert-OH is 3. The van der Waals surface area contributed by atoms with E-state index in [0.717, 1.165) is 22.3 Å². The minimum absolute atomic E-state index is 0.0728. The summed E-state index contributed by atoms with van der Waals surface area (Å²) in [5.74, 6) is -10.8. The van der Waals surface area contributed by atoms with Gasteiger partial charge in [0.15, 0.2) is 17.1 Å². The Morgan fingerprint density at radius 3 is 2.11 bits per heavy atom. The van der Waals surface area contributed by atoms with Crippen molar-refractivity contribution in [3.05, 3.63) is 106 Å². The standard InChI is InChI=1S/C38H36N4O11/c1-15-16-12-13-22(40-36(50)41-37(51)53-14-21-19-10-6-4-8-17(19)18-9-5-7-11-20(18)21)29(43)24(16)30(44)25-23(15)31(45)27-28(42(2)3)32(46)26(35(39)49)34(48)38(27,52)33(25)47/h4-13,15,21,23,27-28,31,43,45-47,52H,14H2,1-3H3,(H2,39,49)(H2,40,41,50,51). The number of benzene rings is 3. The van der Waals surface area contributed by atoms with Gasteiger partial charge >= 0.3 is 12.1 Å². The van der Waals surface area contributed by atoms with Crippen LogP contribution in [0, 0.1) is 11.8 Å². The Balaban J connectivity index is 1.14. The number of nitrogens with zero attached hydrogens (tertiary/aromatic N) is 1. The van der Waals surface area contributed by atoms with Crippen LogP contribution in [0.1, 0.15) is 45.8 Å². The SMILES string of the molecule is CC1c2ccc(NC(=O)NC(=O)OCC3c4ccccc4-c4ccccc43)c(O)c2C(=O)C2=C(O)C3(O)C(=O)C(C(N)=O)=C(O)C(N(C)C)C3C(O)C21. The number of amides is 4. The number of nitrogens with one attached hydrogen (secondary N) is 2. The van der Waals surface area contributed by atoms with Crippen LogP contribution in [0.5, 0.6) is 5.75 Å². The molecule has 6 atom stereocenters. The molecule has 0 saturated heterocycles. The minimum atomic E-state index is -3.07. The lowest BCUT2D eigenvalue weighted by Gasteiger charge is -2.53. The first-order valence-electron chi connectivity index (χ1n) is 16.7. The predicted octanol–water partition coefficient (Wildman–Crippen LogP) is 2.72. The van der Waals surface area contributed by atoms with Crippen LogP contribution in [0.2, 0.25) is 0 Å². The van der Waals surface area contributed by atoms with Gasteiger partial charge in [-0.3, -0.25) is 19.3 Å². The maximum absolute atomic E-state index is 14.1. The van der Waals surface area contributed by atoms with Gasteiger partial charge in [-0.05, 0) is 53.9 Å². The van der Waals surface area contributed by atoms with E-state index in [9.17, 15) is 49.5 Å². The summed E-state index contributed by atoms with van der Waals surface area (Å²) in [5.41, 5.74) is 4.12. The molecule has 0 spiro atoms. The third kappa shape index (κ3) is 5.10. The molecule has 4 aliphatic rings. The van der Waals surface area contributed by atoms with Crippen LogP contribution < -0.4 is 16.4 Å². The largest absolute Gasteiger partial charge is 0.510 e. The minimum Gasteiger partial charge on any atom is -0.510 e. The number of anilines is 1. The number of ether oxygens (including phenoxy) is 1. The molecular formula is C38H36N4O11. The van der Waals surface area contributed by atoms with Crippen molar-refractivity contribution in [3.8, 4) is 16.9 Å². The lowest BCUT2D eigenvalue weighted by Crippen LogP contribution is -2.68. The van der Waals surface area contributed by atoms with E-state index in [1.165, 1.54) is 31.1 Å². The first-order chi connectivity index (χ1) is 25.1. The van der Waals surface area contributed by atoms with Gasteiger partial charge in [-0.2, -0.15) is 0 Å². The molecule has 274 valence electrons. The highest BCUT2D eigenvalue weighted by atomic mass is 16.5. The third-order valence-corrected chi connectivity index (χ3v) is 10.9. The summed E-state index contributed by atoms with van der Waals surface area (Å²) >= 11 is 0. The summed E-state index contributed by atoms with van der Waals surface area (Å²) < 4.78 is 5.41. The van der Waals surface area contributed by atoms with Crippen molar-refractivity contribution in [2.24, 2.45) is 17.6 Å². The van der Waals surface area contributed by atoms with E-state index < -0.39 is 99.1 Å². The van der Waals surface area contributed by atoms with E-state index in [4.69, 9.17) is 10.5 Å². The molecule has 0 aromatic heterocycles. The molecule has 4 amide bonds. The Morgan fingerprint density at radius 2 is 1.53 bits per heavy atom. The summed E-state index contributed by atoms with van der Waals surface area (Å²) in [6, 6.07) is 15.6. The summed E-state index contributed by atoms with van der Waals surface area (Å²) in [6.45, 7) is 1.50. The number of aliphatic hydroxyl groups is 4. The molecule has 4 aliphatic carbocycles. The number of rotatable bonds is 5. The lowest BCUT2D eigenvalue weighted by molar-refractivity contribution is -0.162. The molecule has 15 heteroatoms. The van der Waals surface area contributed by atoms with Crippen LogP contribution in [0.3, 0.4) is 0 Å². The van der Waals surface area contributed by atoms with Gasteiger partial charge in [-0.25, -0.2) is 14.9 Å². The van der Waals surface area contributed by atoms with Crippen molar-refractivity contribution >= 4 is 35.3 Å². The molecule has 3 aromatic rings. The van der Waals surface area contributed by atoms with Gasteiger partial charge < -0.3 is 41.3 Å². The molecule has 0 saturated carbocycles. The van der Waals surface area contributed by atoms with E-state index in [-0.39, 0.29) is 23.8 Å². The summed E-state index contributed by atoms with van der Waals surface area (Å²) in [6.07, 6.45) is -2.83. The monoisotopic (exact) mass is 724 g/mol. The zero-order valence-electron chi connectivity index (χ0n) is 28.7. The number of imide groups is 1. The molecule has 0 fully saturated rings. The zero-order valence-corrected chi connectivity index (χ0v) is 28.7. The predicted molar refractivity (Wildman–Crippen MR) is 187 cm³/mol. The van der Waals surface area contributed by atoms with Crippen LogP contribution in [-0.2, 0) is 14.3 Å². The second kappa shape index (κ2) is 12.6. The van der Waals surface area contributed by atoms with Gasteiger partial charge in [0.1, 0.15) is 23.7 Å². The Labute approximate surface area is 302 Å². The topological polar surface area (TPSA) is 249 Å². The average molecular weight is 725 g/mol. The number of urea groups is 1. The molecule has 0 radical (unpaired) electrons. The number of phenolic OH excluding ortho intramolecular Hbond substituents is 1. The van der Waals surface area contributed by atoms with Gasteiger partial charge in [-0.1, -0.05) is 61.5 Å². The number of fused-ring (bicyclic) bond motifs is 6. The number of carbonyl (C=O) groups excluding carboxylic acids is 5. The first kappa shape index (κ1) is 35.4. The molecule has 7 rings (SSSR count). The maximum atomic E-state index is 14.1. The van der Waals surface area contributed by atoms with E-state index in [1.807, 2.05) is 53.8 Å². The lowest BCUT2D eigenvalue weighted by atomic mass is 9.55. The van der Waals surface area contributed by atoms with E-state index >= 15 is 0 Å². The number of phenols is 1. The fourth-order valence-electron chi connectivity index (χ4n) is 8.60. The Kier molecular flexibility index (Phi) is 8.40. The second-order valence-corrected chi connectivity index (χ2v) is 13.9. The Hall–Kier alpha value is -6.03. The number of alkyl carbamates (subject to hydrolysis) is 1. The average Bonchev–Trinajstić information content (AvgIpc) is 3.43. The van der Waals surface area contributed by atoms with Crippen molar-refractivity contribution in [1.29, 1.82) is 0 Å². The molecule has 0 bridgehead atoms. The van der Waals surface area contributed by atoms with Crippen LogP contribution >= 0.6 is 0 Å². The first-order valence-corrected chi connectivity index (χ1v) is 16.7. The number of nitrogens with two attached hydrogens (primary N) is 1. The normalized spacial score (nSPS) is 26.0. The molecule has 9 N–H and O–H groups in total. The molecule has 0 heterocycles. The van der Waals surface area contributed by atoms with Crippen molar-refractivity contribution < 1.29 is 54.2 Å². The molecule has 3 aromatic carbocycles. The zero-order chi connectivity index (χ0) is 38.3. The quantitative estimate of drug-likeness (QED) is 0.140. The van der Waals surface area contributed by atoms with Gasteiger partial charge in [0, 0.05) is 17.4 Å². The number of ketones is 2. The number of hydrogen-bond donors (Lipinski definition) is 8. The van der Waals surface area contributed by atoms with Crippen LogP contribution in [0.25, 0.3) is 11.1 Å². The second-order valence-electron chi connectivity index (χ2n) is 13.9. The summed E-state index contributed by atoms with van der Waals surface area (Å²) in [5, 5.41) is 61.8. The fourth-order valence-corrected chi connectivity index (χ4v) is 8.60. The molecule has 53 heavy (non-hydrogen) atoms. The van der Waals surface area contributed by atoms with Crippen molar-refractivity contribution in [3.63, 3.8) is 0 Å². The smallest absolute Gasteiger partial charge is 0.415 e. The third-order valence-electron chi connectivity index (χ3n) is 10.9. The van der Waals surface area contributed by atoms with E-state index in [2.05, 4.69) is 5.32 Å². The summed E-state index contributed by atoms with van der Waals surface area (Å²) in [4.78, 5) is 66.9. The number of carbonyl (C=O) groups is 5. The molecule has 0 aliphatic heterocycles. The van der Waals surface area contributed by atoms with Crippen molar-refractivity contribution in [1.82, 2.24) is 10.2 Å². The van der Waals surface area contributed by atoms with Crippen molar-refractivity contribution in [2.75, 3.05) is 26.0 Å². The Morgan fingerprint density at radius 1 is 0.925 bits per heavy atom. The van der Waals surface area contributed by atoms with Gasteiger partial charge in [0.05, 0.1) is 29.3 Å². The Bertz CT molecular complexity index is 2170. The van der Waals surface area contributed by atoms with E-state index in [1.54, 1.807) is 6.92 Å².